The Labute approximate surface area is 115 Å². The maximum atomic E-state index is 12.7. The van der Waals surface area contributed by atoms with Crippen molar-refractivity contribution in [1.82, 2.24) is 10.2 Å². The molecule has 1 heterocycles. The van der Waals surface area contributed by atoms with Gasteiger partial charge in [0, 0.05) is 6.04 Å². The summed E-state index contributed by atoms with van der Waals surface area (Å²) in [6.07, 6.45) is 3.85. The fourth-order valence-electron chi connectivity index (χ4n) is 2.98. The van der Waals surface area contributed by atoms with Crippen molar-refractivity contribution >= 4 is 11.8 Å². The SMILES string of the molecule is CCC(C)C(C)N1C(=O)C(C2CC2)NC(=O)C1CC. The first kappa shape index (κ1) is 14.4. The minimum absolute atomic E-state index is 0.0363. The van der Waals surface area contributed by atoms with Crippen molar-refractivity contribution < 1.29 is 9.59 Å². The van der Waals surface area contributed by atoms with Crippen molar-refractivity contribution in [2.75, 3.05) is 0 Å². The lowest BCUT2D eigenvalue weighted by Crippen LogP contribution is -2.66. The summed E-state index contributed by atoms with van der Waals surface area (Å²) in [5.74, 6) is 0.973. The molecule has 19 heavy (non-hydrogen) atoms. The fraction of sp³-hybridized carbons (Fsp3) is 0.867. The molecule has 1 aliphatic carbocycles. The quantitative estimate of drug-likeness (QED) is 0.826. The molecule has 1 aliphatic heterocycles. The van der Waals surface area contributed by atoms with Gasteiger partial charge in [0.2, 0.25) is 11.8 Å². The van der Waals surface area contributed by atoms with E-state index in [1.54, 1.807) is 0 Å². The lowest BCUT2D eigenvalue weighted by molar-refractivity contribution is -0.153. The lowest BCUT2D eigenvalue weighted by Gasteiger charge is -2.44. The number of hydrogen-bond donors (Lipinski definition) is 1. The largest absolute Gasteiger partial charge is 0.342 e. The summed E-state index contributed by atoms with van der Waals surface area (Å²) in [5.41, 5.74) is 0. The maximum absolute atomic E-state index is 12.7. The van der Waals surface area contributed by atoms with Crippen molar-refractivity contribution in [3.63, 3.8) is 0 Å². The van der Waals surface area contributed by atoms with Gasteiger partial charge in [-0.3, -0.25) is 9.59 Å². The van der Waals surface area contributed by atoms with Gasteiger partial charge in [-0.15, -0.1) is 0 Å². The number of hydrogen-bond acceptors (Lipinski definition) is 2. The molecule has 0 radical (unpaired) electrons. The van der Waals surface area contributed by atoms with Crippen molar-refractivity contribution in [2.24, 2.45) is 11.8 Å². The highest BCUT2D eigenvalue weighted by molar-refractivity contribution is 5.97. The van der Waals surface area contributed by atoms with Gasteiger partial charge in [0.1, 0.15) is 12.1 Å². The zero-order valence-corrected chi connectivity index (χ0v) is 12.5. The molecule has 2 rings (SSSR count). The molecule has 2 aliphatic rings. The Balaban J connectivity index is 2.22. The second-order valence-electron chi connectivity index (χ2n) is 6.12. The van der Waals surface area contributed by atoms with Gasteiger partial charge >= 0.3 is 0 Å². The highest BCUT2D eigenvalue weighted by Crippen LogP contribution is 2.36. The first-order chi connectivity index (χ1) is 9.01. The monoisotopic (exact) mass is 266 g/mol. The minimum Gasteiger partial charge on any atom is -0.342 e. The van der Waals surface area contributed by atoms with E-state index in [-0.39, 0.29) is 29.9 Å². The molecule has 4 unspecified atom stereocenters. The Morgan fingerprint density at radius 3 is 2.37 bits per heavy atom. The molecule has 108 valence electrons. The van der Waals surface area contributed by atoms with E-state index in [9.17, 15) is 9.59 Å². The van der Waals surface area contributed by atoms with E-state index >= 15 is 0 Å². The van der Waals surface area contributed by atoms with E-state index < -0.39 is 0 Å². The molecule has 0 aromatic carbocycles. The third-order valence-electron chi connectivity index (χ3n) is 4.84. The second-order valence-corrected chi connectivity index (χ2v) is 6.12. The van der Waals surface area contributed by atoms with Gasteiger partial charge in [0.25, 0.3) is 0 Å². The summed E-state index contributed by atoms with van der Waals surface area (Å²) in [7, 11) is 0. The second kappa shape index (κ2) is 5.51. The van der Waals surface area contributed by atoms with Crippen LogP contribution in [0.2, 0.25) is 0 Å². The Hall–Kier alpha value is -1.06. The Morgan fingerprint density at radius 2 is 1.89 bits per heavy atom. The van der Waals surface area contributed by atoms with Crippen LogP contribution in [-0.2, 0) is 9.59 Å². The minimum atomic E-state index is -0.286. The highest BCUT2D eigenvalue weighted by Gasteiger charge is 2.48. The zero-order valence-electron chi connectivity index (χ0n) is 12.5. The van der Waals surface area contributed by atoms with Crippen LogP contribution in [-0.4, -0.2) is 34.8 Å². The zero-order chi connectivity index (χ0) is 14.2. The molecule has 0 bridgehead atoms. The van der Waals surface area contributed by atoms with Gasteiger partial charge in [-0.2, -0.15) is 0 Å². The Kier molecular flexibility index (Phi) is 4.16. The van der Waals surface area contributed by atoms with Crippen molar-refractivity contribution in [1.29, 1.82) is 0 Å². The van der Waals surface area contributed by atoms with Gasteiger partial charge < -0.3 is 10.2 Å². The molecular weight excluding hydrogens is 240 g/mol. The molecule has 0 aromatic rings. The van der Waals surface area contributed by atoms with Gasteiger partial charge in [0.05, 0.1) is 0 Å². The van der Waals surface area contributed by atoms with Crippen LogP contribution in [0.15, 0.2) is 0 Å². The van der Waals surface area contributed by atoms with E-state index in [4.69, 9.17) is 0 Å². The molecule has 1 N–H and O–H groups in total. The van der Waals surface area contributed by atoms with Gasteiger partial charge in [0.15, 0.2) is 0 Å². The molecule has 4 nitrogen and oxygen atoms in total. The van der Waals surface area contributed by atoms with Crippen LogP contribution in [0.25, 0.3) is 0 Å². The average molecular weight is 266 g/mol. The van der Waals surface area contributed by atoms with Crippen LogP contribution >= 0.6 is 0 Å². The molecule has 1 saturated carbocycles. The Morgan fingerprint density at radius 1 is 1.26 bits per heavy atom. The predicted octanol–water partition coefficient (Wildman–Crippen LogP) is 1.94. The fourth-order valence-corrected chi connectivity index (χ4v) is 2.98. The lowest BCUT2D eigenvalue weighted by atomic mass is 9.93. The van der Waals surface area contributed by atoms with Gasteiger partial charge in [-0.25, -0.2) is 0 Å². The van der Waals surface area contributed by atoms with Crippen LogP contribution in [0.1, 0.15) is 53.4 Å². The first-order valence-corrected chi connectivity index (χ1v) is 7.63. The van der Waals surface area contributed by atoms with Crippen LogP contribution in [0, 0.1) is 11.8 Å². The number of nitrogens with one attached hydrogen (secondary N) is 1. The van der Waals surface area contributed by atoms with Gasteiger partial charge in [-0.05, 0) is 38.0 Å². The summed E-state index contributed by atoms with van der Waals surface area (Å²) in [6, 6.07) is -0.414. The van der Waals surface area contributed by atoms with Crippen LogP contribution in [0.4, 0.5) is 0 Å². The van der Waals surface area contributed by atoms with E-state index in [1.165, 1.54) is 0 Å². The first-order valence-electron chi connectivity index (χ1n) is 7.63. The third kappa shape index (κ3) is 2.63. The van der Waals surface area contributed by atoms with E-state index in [1.807, 2.05) is 11.8 Å². The van der Waals surface area contributed by atoms with Crippen LogP contribution in [0.3, 0.4) is 0 Å². The summed E-state index contributed by atoms with van der Waals surface area (Å²) in [6.45, 7) is 8.35. The summed E-state index contributed by atoms with van der Waals surface area (Å²) >= 11 is 0. The molecule has 0 spiro atoms. The van der Waals surface area contributed by atoms with Crippen molar-refractivity contribution in [3.05, 3.63) is 0 Å². The normalized spacial score (nSPS) is 31.1. The van der Waals surface area contributed by atoms with E-state index in [0.717, 1.165) is 19.3 Å². The highest BCUT2D eigenvalue weighted by atomic mass is 16.2. The topological polar surface area (TPSA) is 49.4 Å². The number of nitrogens with zero attached hydrogens (tertiary/aromatic N) is 1. The summed E-state index contributed by atoms with van der Waals surface area (Å²) < 4.78 is 0. The van der Waals surface area contributed by atoms with E-state index in [0.29, 0.717) is 18.3 Å². The third-order valence-corrected chi connectivity index (χ3v) is 4.84. The number of carbonyl (C=O) groups excluding carboxylic acids is 2. The number of amides is 2. The maximum Gasteiger partial charge on any atom is 0.246 e. The number of piperazine rings is 1. The standard InChI is InChI=1S/C15H26N2O2/c1-5-9(3)10(4)17-12(6-2)14(18)16-13(15(17)19)11-7-8-11/h9-13H,5-8H2,1-4H3,(H,16,18). The van der Waals surface area contributed by atoms with Crippen LogP contribution in [0.5, 0.6) is 0 Å². The van der Waals surface area contributed by atoms with Crippen molar-refractivity contribution in [2.45, 2.75) is 71.5 Å². The predicted molar refractivity (Wildman–Crippen MR) is 74.5 cm³/mol. The number of carbonyl (C=O) groups is 2. The smallest absolute Gasteiger partial charge is 0.246 e. The molecule has 2 amide bonds. The van der Waals surface area contributed by atoms with Gasteiger partial charge in [-0.1, -0.05) is 27.2 Å². The molecule has 4 heteroatoms. The average Bonchev–Trinajstić information content (AvgIpc) is 3.23. The van der Waals surface area contributed by atoms with Crippen LogP contribution < -0.4 is 5.32 Å². The summed E-state index contributed by atoms with van der Waals surface area (Å²) in [5, 5.41) is 2.94. The summed E-state index contributed by atoms with van der Waals surface area (Å²) in [4.78, 5) is 26.8. The van der Waals surface area contributed by atoms with Crippen molar-refractivity contribution in [3.8, 4) is 0 Å². The molecule has 0 aromatic heterocycles. The molecule has 1 saturated heterocycles. The molecular formula is C15H26N2O2. The molecule has 4 atom stereocenters. The van der Waals surface area contributed by atoms with E-state index in [2.05, 4.69) is 26.1 Å². The molecule has 2 fully saturated rings. The number of rotatable bonds is 5. The Bertz CT molecular complexity index is 365.